The highest BCUT2D eigenvalue weighted by atomic mass is 32.2. The molecule has 3 rings (SSSR count). The first-order valence-corrected chi connectivity index (χ1v) is 9.56. The lowest BCUT2D eigenvalue weighted by Gasteiger charge is -2.50. The molecule has 116 valence electrons. The van der Waals surface area contributed by atoms with E-state index in [1.807, 2.05) is 11.8 Å². The molecule has 2 aliphatic rings. The topological polar surface area (TPSA) is 6.48 Å². The molecule has 0 aliphatic carbocycles. The van der Waals surface area contributed by atoms with Gasteiger partial charge in [-0.15, -0.1) is 11.8 Å². The van der Waals surface area contributed by atoms with Crippen molar-refractivity contribution in [2.75, 3.05) is 30.8 Å². The van der Waals surface area contributed by atoms with Gasteiger partial charge in [0.2, 0.25) is 0 Å². The number of thioether (sulfide) groups is 1. The van der Waals surface area contributed by atoms with Crippen molar-refractivity contribution < 1.29 is 0 Å². The molecule has 0 aromatic heterocycles. The summed E-state index contributed by atoms with van der Waals surface area (Å²) >= 11 is 1.84. The predicted octanol–water partition coefficient (Wildman–Crippen LogP) is 4.11. The van der Waals surface area contributed by atoms with E-state index < -0.39 is 0 Å². The van der Waals surface area contributed by atoms with Gasteiger partial charge in [0.15, 0.2) is 0 Å². The van der Waals surface area contributed by atoms with Crippen LogP contribution in [0.2, 0.25) is 0 Å². The molecule has 21 heavy (non-hydrogen) atoms. The zero-order chi connectivity index (χ0) is 14.8. The summed E-state index contributed by atoms with van der Waals surface area (Å²) in [6, 6.07) is 10.5. The zero-order valence-electron chi connectivity index (χ0n) is 13.6. The van der Waals surface area contributed by atoms with Gasteiger partial charge in [-0.2, -0.15) is 0 Å². The van der Waals surface area contributed by atoms with E-state index in [2.05, 4.69) is 54.2 Å². The van der Waals surface area contributed by atoms with Crippen LogP contribution in [0.15, 0.2) is 29.2 Å². The molecule has 2 atom stereocenters. The van der Waals surface area contributed by atoms with E-state index in [9.17, 15) is 0 Å². The molecular weight excluding hydrogens is 276 g/mol. The fraction of sp³-hybridized carbons (Fsp3) is 0.667. The molecule has 3 heteroatoms. The van der Waals surface area contributed by atoms with Crippen molar-refractivity contribution in [2.45, 2.75) is 50.1 Å². The molecule has 0 radical (unpaired) electrons. The van der Waals surface area contributed by atoms with Crippen molar-refractivity contribution in [3.05, 3.63) is 24.3 Å². The maximum atomic E-state index is 2.75. The third kappa shape index (κ3) is 3.24. The fourth-order valence-corrected chi connectivity index (χ4v) is 4.32. The molecule has 2 fully saturated rings. The van der Waals surface area contributed by atoms with Crippen molar-refractivity contribution in [2.24, 2.45) is 5.92 Å². The molecule has 0 N–H and O–H groups in total. The van der Waals surface area contributed by atoms with Crippen LogP contribution in [0.1, 0.15) is 33.1 Å². The van der Waals surface area contributed by atoms with Crippen LogP contribution in [0.3, 0.4) is 0 Å². The number of piperidine rings is 1. The Balaban J connectivity index is 1.86. The summed E-state index contributed by atoms with van der Waals surface area (Å²) in [7, 11) is 0. The molecule has 1 aromatic rings. The highest BCUT2D eigenvalue weighted by Crippen LogP contribution is 2.32. The Bertz CT molecular complexity index is 474. The maximum absolute atomic E-state index is 2.75. The summed E-state index contributed by atoms with van der Waals surface area (Å²) < 4.78 is 0. The number of hydrogen-bond donors (Lipinski definition) is 0. The number of anilines is 1. The third-order valence-electron chi connectivity index (χ3n) is 5.13. The number of piperazine rings is 1. The van der Waals surface area contributed by atoms with E-state index in [0.717, 1.165) is 6.04 Å². The molecule has 2 saturated heterocycles. The van der Waals surface area contributed by atoms with Crippen molar-refractivity contribution in [3.63, 3.8) is 0 Å². The first kappa shape index (κ1) is 15.2. The number of fused-ring (bicyclic) bond motifs is 1. The Labute approximate surface area is 133 Å². The summed E-state index contributed by atoms with van der Waals surface area (Å²) in [5.41, 5.74) is 1.42. The van der Waals surface area contributed by atoms with Crippen LogP contribution in [0.4, 0.5) is 5.69 Å². The first-order chi connectivity index (χ1) is 10.2. The normalized spacial score (nSPS) is 27.0. The Hall–Kier alpha value is -0.670. The van der Waals surface area contributed by atoms with Gasteiger partial charge < -0.3 is 4.90 Å². The Kier molecular flexibility index (Phi) is 4.80. The van der Waals surface area contributed by atoms with E-state index in [-0.39, 0.29) is 0 Å². The summed E-state index contributed by atoms with van der Waals surface area (Å²) in [5, 5.41) is 0. The van der Waals surface area contributed by atoms with Crippen LogP contribution in [-0.2, 0) is 0 Å². The van der Waals surface area contributed by atoms with Gasteiger partial charge in [-0.3, -0.25) is 4.90 Å². The second-order valence-electron chi connectivity index (χ2n) is 6.81. The highest BCUT2D eigenvalue weighted by molar-refractivity contribution is 7.98. The van der Waals surface area contributed by atoms with Gasteiger partial charge in [-0.1, -0.05) is 26.3 Å². The minimum atomic E-state index is 0.649. The molecule has 1 aromatic carbocycles. The molecule has 2 unspecified atom stereocenters. The van der Waals surface area contributed by atoms with E-state index in [0.29, 0.717) is 12.0 Å². The standard InChI is InChI=1S/C18H28N2S/c1-14(2)18-13-19-10-5-4-7-16(19)12-20(18)15-8-6-9-17(11-15)21-3/h6,8-9,11,14,16,18H,4-5,7,10,12-13H2,1-3H3. The minimum Gasteiger partial charge on any atom is -0.365 e. The summed E-state index contributed by atoms with van der Waals surface area (Å²) in [6.45, 7) is 8.51. The Morgan fingerprint density at radius 3 is 2.81 bits per heavy atom. The molecule has 2 heterocycles. The molecule has 0 bridgehead atoms. The first-order valence-electron chi connectivity index (χ1n) is 8.34. The van der Waals surface area contributed by atoms with Gasteiger partial charge >= 0.3 is 0 Å². The maximum Gasteiger partial charge on any atom is 0.0440 e. The fourth-order valence-electron chi connectivity index (χ4n) is 3.87. The van der Waals surface area contributed by atoms with Gasteiger partial charge in [0, 0.05) is 35.8 Å². The van der Waals surface area contributed by atoms with Crippen molar-refractivity contribution in [1.82, 2.24) is 4.90 Å². The van der Waals surface area contributed by atoms with Crippen LogP contribution in [0.25, 0.3) is 0 Å². The monoisotopic (exact) mass is 304 g/mol. The lowest BCUT2D eigenvalue weighted by Crippen LogP contribution is -2.61. The smallest absolute Gasteiger partial charge is 0.0440 e. The van der Waals surface area contributed by atoms with E-state index in [4.69, 9.17) is 0 Å². The van der Waals surface area contributed by atoms with Crippen LogP contribution < -0.4 is 4.90 Å². The summed E-state index contributed by atoms with van der Waals surface area (Å²) in [4.78, 5) is 6.82. The average Bonchev–Trinajstić information content (AvgIpc) is 2.53. The quantitative estimate of drug-likeness (QED) is 0.776. The number of benzene rings is 1. The Morgan fingerprint density at radius 2 is 2.05 bits per heavy atom. The molecule has 0 amide bonds. The van der Waals surface area contributed by atoms with Gasteiger partial charge in [0.05, 0.1) is 0 Å². The number of nitrogens with zero attached hydrogens (tertiary/aromatic N) is 2. The van der Waals surface area contributed by atoms with Crippen molar-refractivity contribution in [3.8, 4) is 0 Å². The summed E-state index contributed by atoms with van der Waals surface area (Å²) in [6.07, 6.45) is 6.34. The van der Waals surface area contributed by atoms with E-state index >= 15 is 0 Å². The van der Waals surface area contributed by atoms with Crippen molar-refractivity contribution in [1.29, 1.82) is 0 Å². The van der Waals surface area contributed by atoms with Crippen LogP contribution >= 0.6 is 11.8 Å². The average molecular weight is 305 g/mol. The second kappa shape index (κ2) is 6.62. The molecule has 2 aliphatic heterocycles. The minimum absolute atomic E-state index is 0.649. The number of rotatable bonds is 3. The lowest BCUT2D eigenvalue weighted by atomic mass is 9.91. The van der Waals surface area contributed by atoms with Crippen molar-refractivity contribution >= 4 is 17.4 Å². The SMILES string of the molecule is CSc1cccc(N2CC3CCCCN3CC2C(C)C)c1. The summed E-state index contributed by atoms with van der Waals surface area (Å²) in [5.74, 6) is 0.700. The van der Waals surface area contributed by atoms with Crippen LogP contribution in [-0.4, -0.2) is 42.9 Å². The molecule has 0 spiro atoms. The van der Waals surface area contributed by atoms with Gasteiger partial charge in [0.25, 0.3) is 0 Å². The molecular formula is C18H28N2S. The highest BCUT2D eigenvalue weighted by Gasteiger charge is 2.36. The van der Waals surface area contributed by atoms with Gasteiger partial charge in [-0.25, -0.2) is 0 Å². The van der Waals surface area contributed by atoms with E-state index in [1.54, 1.807) is 0 Å². The van der Waals surface area contributed by atoms with E-state index in [1.165, 1.54) is 49.5 Å². The van der Waals surface area contributed by atoms with Gasteiger partial charge in [-0.05, 0) is 49.8 Å². The Morgan fingerprint density at radius 1 is 1.19 bits per heavy atom. The van der Waals surface area contributed by atoms with Gasteiger partial charge in [0.1, 0.15) is 0 Å². The number of hydrogen-bond acceptors (Lipinski definition) is 3. The predicted molar refractivity (Wildman–Crippen MR) is 93.4 cm³/mol. The lowest BCUT2D eigenvalue weighted by molar-refractivity contribution is 0.100. The second-order valence-corrected chi connectivity index (χ2v) is 7.69. The van der Waals surface area contributed by atoms with Crippen LogP contribution in [0, 0.1) is 5.92 Å². The zero-order valence-corrected chi connectivity index (χ0v) is 14.4. The molecule has 2 nitrogen and oxygen atoms in total. The molecule has 0 saturated carbocycles. The van der Waals surface area contributed by atoms with Crippen LogP contribution in [0.5, 0.6) is 0 Å². The third-order valence-corrected chi connectivity index (χ3v) is 5.86. The largest absolute Gasteiger partial charge is 0.365 e.